The van der Waals surface area contributed by atoms with Crippen LogP contribution in [0.25, 0.3) is 10.2 Å². The molecule has 0 saturated carbocycles. The molecule has 0 saturated heterocycles. The normalized spacial score (nSPS) is 10.7. The lowest BCUT2D eigenvalue weighted by Gasteiger charge is -1.98. The van der Waals surface area contributed by atoms with Crippen molar-refractivity contribution in [3.8, 4) is 0 Å². The summed E-state index contributed by atoms with van der Waals surface area (Å²) < 4.78 is 5.46. The molecule has 124 valence electrons. The quantitative estimate of drug-likeness (QED) is 0.458. The summed E-state index contributed by atoms with van der Waals surface area (Å²) in [5.74, 6) is -0.333. The van der Waals surface area contributed by atoms with E-state index in [4.69, 9.17) is 5.73 Å². The minimum absolute atomic E-state index is 0.126. The Morgan fingerprint density at radius 2 is 2.25 bits per heavy atom. The molecule has 0 bridgehead atoms. The highest BCUT2D eigenvalue weighted by atomic mass is 32.2. The highest BCUT2D eigenvalue weighted by molar-refractivity contribution is 7.99. The third-order valence-electron chi connectivity index (χ3n) is 2.87. The van der Waals surface area contributed by atoms with Crippen LogP contribution in [0.5, 0.6) is 0 Å². The number of carbonyl (C=O) groups is 2. The number of methoxy groups -OCH3 is 1. The maximum Gasteiger partial charge on any atom is 0.337 e. The predicted molar refractivity (Wildman–Crippen MR) is 91.1 cm³/mol. The lowest BCUT2D eigenvalue weighted by atomic mass is 10.2. The summed E-state index contributed by atoms with van der Waals surface area (Å²) in [7, 11) is 1.32. The molecule has 0 radical (unpaired) electrons. The van der Waals surface area contributed by atoms with Crippen LogP contribution in [0.15, 0.2) is 23.4 Å². The number of hydrogen-bond acceptors (Lipinski definition) is 9. The van der Waals surface area contributed by atoms with E-state index in [0.717, 1.165) is 16.5 Å². The molecule has 3 aromatic rings. The summed E-state index contributed by atoms with van der Waals surface area (Å²) in [6.07, 6.45) is 0. The summed E-state index contributed by atoms with van der Waals surface area (Å²) in [4.78, 5) is 31.7. The smallest absolute Gasteiger partial charge is 0.337 e. The monoisotopic (exact) mass is 364 g/mol. The van der Waals surface area contributed by atoms with Crippen LogP contribution in [0.1, 0.15) is 10.4 Å². The number of aromatic nitrogens is 4. The van der Waals surface area contributed by atoms with Crippen molar-refractivity contribution in [1.29, 1.82) is 0 Å². The first-order chi connectivity index (χ1) is 11.5. The van der Waals surface area contributed by atoms with Crippen molar-refractivity contribution in [3.63, 3.8) is 0 Å². The van der Waals surface area contributed by atoms with E-state index in [0.29, 0.717) is 21.4 Å². The van der Waals surface area contributed by atoms with E-state index >= 15 is 0 Å². The molecule has 3 rings (SSSR count). The number of aromatic amines is 1. The first-order valence-electron chi connectivity index (χ1n) is 6.64. The highest BCUT2D eigenvalue weighted by Gasteiger charge is 2.12. The summed E-state index contributed by atoms with van der Waals surface area (Å²) in [6, 6.07) is 5.02. The Morgan fingerprint density at radius 1 is 1.42 bits per heavy atom. The van der Waals surface area contributed by atoms with Crippen LogP contribution in [0.2, 0.25) is 0 Å². The molecule has 1 amide bonds. The second-order valence-electron chi connectivity index (χ2n) is 4.53. The van der Waals surface area contributed by atoms with Gasteiger partial charge in [0.15, 0.2) is 5.13 Å². The van der Waals surface area contributed by atoms with Gasteiger partial charge in [0, 0.05) is 0 Å². The number of nitrogen functional groups attached to an aromatic ring is 1. The zero-order valence-corrected chi connectivity index (χ0v) is 14.0. The number of ether oxygens (including phenoxy) is 1. The Kier molecular flexibility index (Phi) is 4.62. The van der Waals surface area contributed by atoms with Crippen molar-refractivity contribution in [3.05, 3.63) is 23.8 Å². The number of rotatable bonds is 5. The number of benzene rings is 1. The van der Waals surface area contributed by atoms with Crippen molar-refractivity contribution in [2.75, 3.05) is 23.9 Å². The number of thiazole rings is 1. The lowest BCUT2D eigenvalue weighted by Crippen LogP contribution is -2.13. The first-order valence-corrected chi connectivity index (χ1v) is 8.45. The molecule has 0 unspecified atom stereocenters. The molecule has 0 atom stereocenters. The number of nitrogens with two attached hydrogens (primary N) is 1. The second-order valence-corrected chi connectivity index (χ2v) is 6.51. The average molecular weight is 364 g/mol. The Bertz CT molecular complexity index is 906. The fourth-order valence-corrected chi connectivity index (χ4v) is 3.36. The van der Waals surface area contributed by atoms with Crippen LogP contribution in [0.4, 0.5) is 11.1 Å². The van der Waals surface area contributed by atoms with Crippen molar-refractivity contribution in [2.45, 2.75) is 5.16 Å². The van der Waals surface area contributed by atoms with Crippen molar-refractivity contribution < 1.29 is 14.3 Å². The Labute approximate surface area is 144 Å². The van der Waals surface area contributed by atoms with Gasteiger partial charge in [0.25, 0.3) is 0 Å². The first kappa shape index (κ1) is 16.2. The topological polar surface area (TPSA) is 136 Å². The minimum Gasteiger partial charge on any atom is -0.465 e. The van der Waals surface area contributed by atoms with E-state index in [9.17, 15) is 9.59 Å². The average Bonchev–Trinajstić information content (AvgIpc) is 3.16. The number of anilines is 2. The largest absolute Gasteiger partial charge is 0.465 e. The molecule has 0 fully saturated rings. The molecular formula is C13H12N6O3S2. The van der Waals surface area contributed by atoms with Crippen LogP contribution in [0, 0.1) is 0 Å². The summed E-state index contributed by atoms with van der Waals surface area (Å²) in [5, 5.41) is 9.88. The number of nitrogens with one attached hydrogen (secondary N) is 2. The fraction of sp³-hybridized carbons (Fsp3) is 0.154. The zero-order chi connectivity index (χ0) is 17.1. The number of H-pyrrole nitrogens is 1. The molecule has 2 aromatic heterocycles. The number of esters is 1. The highest BCUT2D eigenvalue weighted by Crippen LogP contribution is 2.27. The van der Waals surface area contributed by atoms with E-state index in [1.54, 1.807) is 18.2 Å². The van der Waals surface area contributed by atoms with Gasteiger partial charge in [0.05, 0.1) is 28.6 Å². The number of amides is 1. The molecule has 24 heavy (non-hydrogen) atoms. The van der Waals surface area contributed by atoms with Gasteiger partial charge in [-0.2, -0.15) is 4.98 Å². The Balaban J connectivity index is 1.66. The molecule has 0 spiro atoms. The van der Waals surface area contributed by atoms with Gasteiger partial charge in [-0.1, -0.05) is 23.1 Å². The van der Waals surface area contributed by atoms with Crippen LogP contribution in [-0.4, -0.2) is 44.9 Å². The Morgan fingerprint density at radius 3 is 2.96 bits per heavy atom. The van der Waals surface area contributed by atoms with Gasteiger partial charge in [-0.3, -0.25) is 4.79 Å². The van der Waals surface area contributed by atoms with Gasteiger partial charge in [0.2, 0.25) is 17.0 Å². The number of nitrogens with zero attached hydrogens (tertiary/aromatic N) is 3. The molecule has 9 nitrogen and oxygen atoms in total. The molecule has 0 aliphatic carbocycles. The maximum atomic E-state index is 12.0. The van der Waals surface area contributed by atoms with Crippen LogP contribution < -0.4 is 11.1 Å². The lowest BCUT2D eigenvalue weighted by molar-refractivity contribution is -0.113. The number of carbonyl (C=O) groups excluding carboxylic acids is 2. The van der Waals surface area contributed by atoms with E-state index in [-0.39, 0.29) is 17.6 Å². The zero-order valence-electron chi connectivity index (χ0n) is 12.4. The van der Waals surface area contributed by atoms with E-state index in [1.165, 1.54) is 18.4 Å². The van der Waals surface area contributed by atoms with Gasteiger partial charge in [0.1, 0.15) is 0 Å². The fourth-order valence-electron chi connectivity index (χ4n) is 1.83. The molecule has 11 heteroatoms. The van der Waals surface area contributed by atoms with E-state index in [2.05, 4.69) is 30.2 Å². The van der Waals surface area contributed by atoms with Crippen LogP contribution >= 0.6 is 23.1 Å². The van der Waals surface area contributed by atoms with Crippen LogP contribution in [-0.2, 0) is 9.53 Å². The minimum atomic E-state index is -0.418. The third kappa shape index (κ3) is 3.63. The molecular weight excluding hydrogens is 352 g/mol. The predicted octanol–water partition coefficient (Wildman–Crippen LogP) is 1.51. The van der Waals surface area contributed by atoms with Crippen molar-refractivity contribution in [2.24, 2.45) is 0 Å². The molecule has 1 aromatic carbocycles. The van der Waals surface area contributed by atoms with Gasteiger partial charge in [-0.15, -0.1) is 5.10 Å². The third-order valence-corrected chi connectivity index (χ3v) is 4.65. The van der Waals surface area contributed by atoms with Crippen LogP contribution in [0.3, 0.4) is 0 Å². The second kappa shape index (κ2) is 6.84. The number of hydrogen-bond donors (Lipinski definition) is 3. The molecule has 2 heterocycles. The van der Waals surface area contributed by atoms with E-state index < -0.39 is 5.97 Å². The molecule has 4 N–H and O–H groups in total. The van der Waals surface area contributed by atoms with Gasteiger partial charge >= 0.3 is 5.97 Å². The van der Waals surface area contributed by atoms with Crippen molar-refractivity contribution in [1.82, 2.24) is 20.2 Å². The number of fused-ring (bicyclic) bond motifs is 1. The van der Waals surface area contributed by atoms with Crippen molar-refractivity contribution >= 4 is 56.3 Å². The van der Waals surface area contributed by atoms with Gasteiger partial charge < -0.3 is 15.8 Å². The van der Waals surface area contributed by atoms with Gasteiger partial charge in [-0.05, 0) is 18.2 Å². The summed E-state index contributed by atoms with van der Waals surface area (Å²) >= 11 is 2.43. The van der Waals surface area contributed by atoms with Gasteiger partial charge in [-0.25, -0.2) is 14.9 Å². The van der Waals surface area contributed by atoms with E-state index in [1.807, 2.05) is 0 Å². The maximum absolute atomic E-state index is 12.0. The Hall–Kier alpha value is -2.66. The summed E-state index contributed by atoms with van der Waals surface area (Å²) in [5.41, 5.74) is 6.54. The summed E-state index contributed by atoms with van der Waals surface area (Å²) in [6.45, 7) is 0. The molecule has 0 aliphatic heterocycles. The standard InChI is InChI=1S/C13H12N6O3S2/c1-22-10(21)6-2-3-7-8(4-6)24-12(15-7)16-9(20)5-23-13-17-11(14)18-19-13/h2-4H,5H2,1H3,(H,15,16,20)(H3,14,17,18,19). The SMILES string of the molecule is COC(=O)c1ccc2nc(NC(=O)CSc3n[nH]c(N)n3)sc2c1. The number of thioether (sulfide) groups is 1. The molecule has 0 aliphatic rings.